The van der Waals surface area contributed by atoms with Crippen LogP contribution in [0.1, 0.15) is 27.0 Å². The minimum Gasteiger partial charge on any atom is -0.493 e. The number of non-ortho nitro benzene ring substituents is 1. The molecule has 0 bridgehead atoms. The highest BCUT2D eigenvalue weighted by molar-refractivity contribution is 5.95. The van der Waals surface area contributed by atoms with E-state index in [1.807, 2.05) is 24.3 Å². The lowest BCUT2D eigenvalue weighted by atomic mass is 10.1. The van der Waals surface area contributed by atoms with Crippen molar-refractivity contribution < 1.29 is 19.2 Å². The first-order valence-corrected chi connectivity index (χ1v) is 10.4. The normalized spacial score (nSPS) is 13.0. The number of benzene rings is 3. The number of methoxy groups -OCH3 is 1. The highest BCUT2D eigenvalue weighted by Gasteiger charge is 2.23. The summed E-state index contributed by atoms with van der Waals surface area (Å²) >= 11 is 0. The second kappa shape index (κ2) is 9.52. The molecule has 1 amide bonds. The Bertz CT molecular complexity index is 1180. The van der Waals surface area contributed by atoms with E-state index in [2.05, 4.69) is 17.2 Å². The van der Waals surface area contributed by atoms with Crippen molar-refractivity contribution in [3.63, 3.8) is 0 Å². The summed E-state index contributed by atoms with van der Waals surface area (Å²) < 4.78 is 11.7. The number of hydrogen-bond acceptors (Lipinski definition) is 6. The van der Waals surface area contributed by atoms with E-state index in [4.69, 9.17) is 9.47 Å². The molecule has 3 aromatic carbocycles. The molecule has 0 aromatic heterocycles. The van der Waals surface area contributed by atoms with E-state index in [0.29, 0.717) is 17.1 Å². The molecule has 168 valence electrons. The molecule has 0 fully saturated rings. The van der Waals surface area contributed by atoms with Crippen molar-refractivity contribution in [2.45, 2.75) is 18.9 Å². The van der Waals surface area contributed by atoms with Crippen molar-refractivity contribution in [3.8, 4) is 11.5 Å². The van der Waals surface area contributed by atoms with Crippen molar-refractivity contribution in [3.05, 3.63) is 99.1 Å². The van der Waals surface area contributed by atoms with Crippen LogP contribution >= 0.6 is 0 Å². The maximum Gasteiger partial charge on any atom is 0.273 e. The molecular formula is C25H23N3O5. The van der Waals surface area contributed by atoms with Gasteiger partial charge in [0.05, 0.1) is 18.2 Å². The maximum absolute atomic E-state index is 12.6. The molecule has 0 N–H and O–H groups in total. The fourth-order valence-electron chi connectivity index (χ4n) is 3.77. The summed E-state index contributed by atoms with van der Waals surface area (Å²) in [5, 5.41) is 16.2. The molecular weight excluding hydrogens is 422 g/mol. The predicted molar refractivity (Wildman–Crippen MR) is 124 cm³/mol. The molecule has 0 unspecified atom stereocenters. The van der Waals surface area contributed by atoms with Gasteiger partial charge in [0, 0.05) is 37.6 Å². The number of hydrogen-bond donors (Lipinski definition) is 0. The highest BCUT2D eigenvalue weighted by Crippen LogP contribution is 2.32. The first-order chi connectivity index (χ1) is 15.9. The van der Waals surface area contributed by atoms with Crippen molar-refractivity contribution in [1.82, 2.24) is 5.01 Å². The van der Waals surface area contributed by atoms with Gasteiger partial charge in [-0.05, 0) is 47.0 Å². The minimum absolute atomic E-state index is 0.0230. The van der Waals surface area contributed by atoms with E-state index in [1.165, 1.54) is 47.4 Å². The molecule has 0 aliphatic heterocycles. The standard InChI is InChI=1S/C25H23N3O5/c1-27(25(29)18-8-10-21(11-9-18)28(30)31)26-16-17-7-12-23(32-2)24(13-17)33-22-14-19-5-3-4-6-20(19)15-22/h3-13,16,22H,14-15H2,1-2H3. The Morgan fingerprint density at radius 2 is 1.73 bits per heavy atom. The summed E-state index contributed by atoms with van der Waals surface area (Å²) in [7, 11) is 3.12. The topological polar surface area (TPSA) is 94.3 Å². The summed E-state index contributed by atoms with van der Waals surface area (Å²) in [6, 6.07) is 19.2. The summed E-state index contributed by atoms with van der Waals surface area (Å²) in [6.07, 6.45) is 3.25. The van der Waals surface area contributed by atoms with Gasteiger partial charge in [0.2, 0.25) is 0 Å². The molecule has 0 heterocycles. The summed E-state index contributed by atoms with van der Waals surface area (Å²) in [5.41, 5.74) is 3.56. The summed E-state index contributed by atoms with van der Waals surface area (Å²) in [4.78, 5) is 22.8. The average Bonchev–Trinajstić information content (AvgIpc) is 3.24. The Balaban J connectivity index is 1.45. The van der Waals surface area contributed by atoms with Gasteiger partial charge < -0.3 is 9.47 Å². The lowest BCUT2D eigenvalue weighted by Crippen LogP contribution is -2.21. The molecule has 33 heavy (non-hydrogen) atoms. The zero-order chi connectivity index (χ0) is 23.4. The van der Waals surface area contributed by atoms with Gasteiger partial charge in [-0.3, -0.25) is 14.9 Å². The number of fused-ring (bicyclic) bond motifs is 1. The Hall–Kier alpha value is -4.20. The van der Waals surface area contributed by atoms with Crippen LogP contribution in [0.2, 0.25) is 0 Å². The molecule has 0 atom stereocenters. The zero-order valence-electron chi connectivity index (χ0n) is 18.3. The number of nitro benzene ring substituents is 1. The highest BCUT2D eigenvalue weighted by atomic mass is 16.6. The van der Waals surface area contributed by atoms with Crippen molar-refractivity contribution in [2.75, 3.05) is 14.2 Å². The number of ether oxygens (including phenoxy) is 2. The molecule has 1 aliphatic carbocycles. The first-order valence-electron chi connectivity index (χ1n) is 10.4. The summed E-state index contributed by atoms with van der Waals surface area (Å²) in [5.74, 6) is 0.858. The number of hydrazone groups is 1. The number of rotatable bonds is 7. The first kappa shape index (κ1) is 22.0. The lowest BCUT2D eigenvalue weighted by molar-refractivity contribution is -0.384. The SMILES string of the molecule is COc1ccc(C=NN(C)C(=O)c2ccc([N+](=O)[O-])cc2)cc1OC1Cc2ccccc2C1. The van der Waals surface area contributed by atoms with Crippen molar-refractivity contribution >= 4 is 17.8 Å². The second-order valence-electron chi connectivity index (χ2n) is 7.70. The van der Waals surface area contributed by atoms with Gasteiger partial charge >= 0.3 is 0 Å². The van der Waals surface area contributed by atoms with E-state index < -0.39 is 4.92 Å². The second-order valence-corrected chi connectivity index (χ2v) is 7.70. The molecule has 0 saturated carbocycles. The number of nitro groups is 1. The summed E-state index contributed by atoms with van der Waals surface area (Å²) in [6.45, 7) is 0. The molecule has 4 rings (SSSR count). The third-order valence-electron chi connectivity index (χ3n) is 5.49. The van der Waals surface area contributed by atoms with Gasteiger partial charge in [0.1, 0.15) is 6.10 Å². The van der Waals surface area contributed by atoms with E-state index >= 15 is 0 Å². The Morgan fingerprint density at radius 1 is 1.06 bits per heavy atom. The van der Waals surface area contributed by atoms with Crippen LogP contribution < -0.4 is 9.47 Å². The molecule has 0 radical (unpaired) electrons. The molecule has 3 aromatic rings. The molecule has 0 saturated heterocycles. The third-order valence-corrected chi connectivity index (χ3v) is 5.49. The van der Waals surface area contributed by atoms with Crippen LogP contribution in [0.25, 0.3) is 0 Å². The quantitative estimate of drug-likeness (QED) is 0.308. The predicted octanol–water partition coefficient (Wildman–Crippen LogP) is 4.26. The fourth-order valence-corrected chi connectivity index (χ4v) is 3.77. The van der Waals surface area contributed by atoms with Gasteiger partial charge in [-0.25, -0.2) is 5.01 Å². The van der Waals surface area contributed by atoms with Gasteiger partial charge in [0.15, 0.2) is 11.5 Å². The van der Waals surface area contributed by atoms with Gasteiger partial charge in [-0.1, -0.05) is 24.3 Å². The Morgan fingerprint density at radius 3 is 2.33 bits per heavy atom. The van der Waals surface area contributed by atoms with E-state index in [1.54, 1.807) is 19.4 Å². The van der Waals surface area contributed by atoms with Crippen LogP contribution in [0, 0.1) is 10.1 Å². The molecule has 0 spiro atoms. The Kier molecular flexibility index (Phi) is 6.35. The van der Waals surface area contributed by atoms with Crippen LogP contribution in [0.15, 0.2) is 71.8 Å². The van der Waals surface area contributed by atoms with Crippen LogP contribution in [-0.2, 0) is 12.8 Å². The number of amides is 1. The number of carbonyl (C=O) groups is 1. The average molecular weight is 445 g/mol. The largest absolute Gasteiger partial charge is 0.493 e. The monoisotopic (exact) mass is 445 g/mol. The van der Waals surface area contributed by atoms with Crippen LogP contribution in [-0.4, -0.2) is 42.3 Å². The molecule has 1 aliphatic rings. The molecule has 8 heteroatoms. The number of carbonyl (C=O) groups excluding carboxylic acids is 1. The minimum atomic E-state index is -0.510. The fraction of sp³-hybridized carbons (Fsp3) is 0.200. The Labute approximate surface area is 191 Å². The van der Waals surface area contributed by atoms with Gasteiger partial charge in [-0.15, -0.1) is 0 Å². The van der Waals surface area contributed by atoms with E-state index in [-0.39, 0.29) is 17.7 Å². The van der Waals surface area contributed by atoms with E-state index in [0.717, 1.165) is 18.4 Å². The zero-order valence-corrected chi connectivity index (χ0v) is 18.3. The maximum atomic E-state index is 12.6. The van der Waals surface area contributed by atoms with Crippen LogP contribution in [0.5, 0.6) is 11.5 Å². The van der Waals surface area contributed by atoms with Gasteiger partial charge in [0.25, 0.3) is 11.6 Å². The number of nitrogens with zero attached hydrogens (tertiary/aromatic N) is 3. The van der Waals surface area contributed by atoms with Crippen LogP contribution in [0.4, 0.5) is 5.69 Å². The van der Waals surface area contributed by atoms with Gasteiger partial charge in [-0.2, -0.15) is 5.10 Å². The smallest absolute Gasteiger partial charge is 0.273 e. The van der Waals surface area contributed by atoms with E-state index in [9.17, 15) is 14.9 Å². The third kappa shape index (κ3) is 5.01. The van der Waals surface area contributed by atoms with Crippen LogP contribution in [0.3, 0.4) is 0 Å². The van der Waals surface area contributed by atoms with Crippen molar-refractivity contribution in [1.29, 1.82) is 0 Å². The lowest BCUT2D eigenvalue weighted by Gasteiger charge is -2.16. The van der Waals surface area contributed by atoms with Crippen molar-refractivity contribution in [2.24, 2.45) is 5.10 Å². The molecule has 8 nitrogen and oxygen atoms in total.